The lowest BCUT2D eigenvalue weighted by Crippen LogP contribution is -2.42. The van der Waals surface area contributed by atoms with Gasteiger partial charge in [-0.2, -0.15) is 10.4 Å². The highest BCUT2D eigenvalue weighted by molar-refractivity contribution is 7.16. The molecule has 0 radical (unpaired) electrons. The van der Waals surface area contributed by atoms with Crippen molar-refractivity contribution in [1.29, 1.82) is 5.26 Å². The Hall–Kier alpha value is -4.01. The van der Waals surface area contributed by atoms with Crippen molar-refractivity contribution in [3.8, 4) is 17.3 Å². The average Bonchev–Trinajstić information content (AvgIpc) is 3.75. The maximum Gasteiger partial charge on any atom is 0.228 e. The van der Waals surface area contributed by atoms with E-state index < -0.39 is 0 Å². The zero-order valence-corrected chi connectivity index (χ0v) is 24.7. The van der Waals surface area contributed by atoms with Crippen LogP contribution in [0.3, 0.4) is 0 Å². The molecule has 42 heavy (non-hydrogen) atoms. The number of carbonyl (C=O) groups is 1. The number of fused-ring (bicyclic) bond motifs is 1. The second-order valence-corrected chi connectivity index (χ2v) is 11.8. The molecule has 2 aliphatic rings. The van der Waals surface area contributed by atoms with Crippen LogP contribution in [0.5, 0.6) is 0 Å². The first-order chi connectivity index (χ1) is 20.5. The Balaban J connectivity index is 1.26. The van der Waals surface area contributed by atoms with E-state index in [9.17, 15) is 14.4 Å². The number of amides is 1. The second-order valence-electron chi connectivity index (χ2n) is 10.8. The van der Waals surface area contributed by atoms with E-state index in [-0.39, 0.29) is 17.6 Å². The number of nitrogens with zero attached hydrogens (tertiary/aromatic N) is 7. The van der Waals surface area contributed by atoms with Gasteiger partial charge in [0.25, 0.3) is 0 Å². The van der Waals surface area contributed by atoms with Crippen LogP contribution in [-0.4, -0.2) is 71.8 Å². The van der Waals surface area contributed by atoms with Crippen LogP contribution in [0, 0.1) is 23.1 Å². The van der Waals surface area contributed by atoms with Crippen LogP contribution < -0.4 is 9.80 Å². The summed E-state index contributed by atoms with van der Waals surface area (Å²) in [6, 6.07) is 12.6. The van der Waals surface area contributed by atoms with Crippen LogP contribution in [0.1, 0.15) is 36.8 Å². The van der Waals surface area contributed by atoms with E-state index in [1.54, 1.807) is 12.1 Å². The Morgan fingerprint density at radius 1 is 1.19 bits per heavy atom. The van der Waals surface area contributed by atoms with Crippen LogP contribution in [0.15, 0.2) is 42.6 Å². The number of thiazole rings is 1. The molecule has 1 atom stereocenters. The molecule has 3 aromatic heterocycles. The minimum absolute atomic E-state index is 0.0156. The maximum atomic E-state index is 13.5. The summed E-state index contributed by atoms with van der Waals surface area (Å²) in [4.78, 5) is 24.7. The number of hydrogen-bond acceptors (Lipinski definition) is 8. The van der Waals surface area contributed by atoms with Gasteiger partial charge in [0.2, 0.25) is 5.91 Å². The summed E-state index contributed by atoms with van der Waals surface area (Å²) >= 11 is 1.31. The van der Waals surface area contributed by atoms with E-state index >= 15 is 0 Å². The Kier molecular flexibility index (Phi) is 8.09. The molecule has 218 valence electrons. The molecule has 11 heteroatoms. The summed E-state index contributed by atoms with van der Waals surface area (Å²) in [5, 5.41) is 15.4. The number of pyridine rings is 1. The molecule has 4 aromatic rings. The zero-order chi connectivity index (χ0) is 29.2. The van der Waals surface area contributed by atoms with E-state index in [0.29, 0.717) is 34.5 Å². The van der Waals surface area contributed by atoms with Gasteiger partial charge in [0, 0.05) is 57.3 Å². The number of carbonyl (C=O) groups excluding carboxylic acids is 1. The first-order valence-electron chi connectivity index (χ1n) is 14.5. The third kappa shape index (κ3) is 5.44. The molecule has 0 saturated carbocycles. The summed E-state index contributed by atoms with van der Waals surface area (Å²) in [7, 11) is 1.95. The molecule has 0 spiro atoms. The molecule has 2 fully saturated rings. The van der Waals surface area contributed by atoms with E-state index in [1.807, 2.05) is 27.6 Å². The first-order valence-corrected chi connectivity index (χ1v) is 15.3. The van der Waals surface area contributed by atoms with Gasteiger partial charge < -0.3 is 19.4 Å². The van der Waals surface area contributed by atoms with Gasteiger partial charge in [0.05, 0.1) is 29.4 Å². The molecule has 1 aromatic carbocycles. The highest BCUT2D eigenvalue weighted by atomic mass is 32.1. The fourth-order valence-corrected chi connectivity index (χ4v) is 6.75. The number of anilines is 3. The number of aryl methyl sites for hydroxylation is 1. The third-order valence-electron chi connectivity index (χ3n) is 8.12. The highest BCUT2D eigenvalue weighted by Gasteiger charge is 2.29. The molecular formula is C31H34FN7O2S. The normalized spacial score (nSPS) is 17.7. The first kappa shape index (κ1) is 28.1. The largest absolute Gasteiger partial charge is 0.381 e. The van der Waals surface area contributed by atoms with E-state index in [1.165, 1.54) is 23.5 Å². The lowest BCUT2D eigenvalue weighted by Gasteiger charge is -2.33. The number of benzene rings is 1. The fourth-order valence-electron chi connectivity index (χ4n) is 5.89. The van der Waals surface area contributed by atoms with Crippen LogP contribution in [-0.2, 0) is 16.0 Å². The minimum atomic E-state index is -0.329. The molecule has 0 N–H and O–H groups in total. The summed E-state index contributed by atoms with van der Waals surface area (Å²) in [5.41, 5.74) is 5.22. The quantitative estimate of drug-likeness (QED) is 0.304. The van der Waals surface area contributed by atoms with Gasteiger partial charge in [0.15, 0.2) is 5.13 Å². The van der Waals surface area contributed by atoms with Crippen molar-refractivity contribution in [1.82, 2.24) is 19.5 Å². The second kappa shape index (κ2) is 12.1. The Morgan fingerprint density at radius 3 is 2.62 bits per heavy atom. The number of nitriles is 1. The smallest absolute Gasteiger partial charge is 0.228 e. The molecule has 2 aliphatic heterocycles. The molecule has 0 unspecified atom stereocenters. The van der Waals surface area contributed by atoms with Crippen molar-refractivity contribution < 1.29 is 13.9 Å². The number of halogens is 1. The monoisotopic (exact) mass is 587 g/mol. The molecule has 2 saturated heterocycles. The van der Waals surface area contributed by atoms with Crippen LogP contribution in [0.2, 0.25) is 0 Å². The van der Waals surface area contributed by atoms with Crippen molar-refractivity contribution in [2.75, 3.05) is 56.2 Å². The van der Waals surface area contributed by atoms with E-state index in [4.69, 9.17) is 14.8 Å². The summed E-state index contributed by atoms with van der Waals surface area (Å²) in [5.74, 6) is -0.0721. The van der Waals surface area contributed by atoms with Gasteiger partial charge in [0.1, 0.15) is 22.5 Å². The predicted molar refractivity (Wildman–Crippen MR) is 162 cm³/mol. The van der Waals surface area contributed by atoms with Crippen molar-refractivity contribution in [3.05, 3.63) is 59.0 Å². The molecule has 5 heterocycles. The molecule has 0 aliphatic carbocycles. The predicted octanol–water partition coefficient (Wildman–Crippen LogP) is 5.26. The van der Waals surface area contributed by atoms with Crippen LogP contribution >= 0.6 is 11.3 Å². The third-order valence-corrected chi connectivity index (χ3v) is 9.16. The molecule has 6 rings (SSSR count). The van der Waals surface area contributed by atoms with Crippen molar-refractivity contribution in [2.24, 2.45) is 5.92 Å². The summed E-state index contributed by atoms with van der Waals surface area (Å²) < 4.78 is 20.9. The summed E-state index contributed by atoms with van der Waals surface area (Å²) in [6.07, 6.45) is 5.37. The van der Waals surface area contributed by atoms with Gasteiger partial charge in [-0.05, 0) is 62.1 Å². The highest BCUT2D eigenvalue weighted by Crippen LogP contribution is 2.39. The zero-order valence-electron chi connectivity index (χ0n) is 23.9. The fraction of sp³-hybridized carbons (Fsp3) is 0.419. The lowest BCUT2D eigenvalue weighted by molar-refractivity contribution is -0.135. The SMILES string of the molecule is CCc1nn2ccc(N3CCCN(C(=O)[C@H]4CCOC4)CCC3)cc2c1N(C)c1nc(-c2ccc(F)cc2)c(C#N)s1. The van der Waals surface area contributed by atoms with Crippen molar-refractivity contribution in [2.45, 2.75) is 32.6 Å². The summed E-state index contributed by atoms with van der Waals surface area (Å²) in [6.45, 7) is 6.56. The Morgan fingerprint density at radius 2 is 1.95 bits per heavy atom. The molecular weight excluding hydrogens is 553 g/mol. The average molecular weight is 588 g/mol. The van der Waals surface area contributed by atoms with Gasteiger partial charge in [-0.25, -0.2) is 13.9 Å². The standard InChI is InChI=1S/C31H34FN7O2S/c1-3-25-29(36(2)31-34-28(27(19-33)42-31)21-6-8-23(32)9-7-21)26-18-24(10-16-39(26)35-25)37-12-4-14-38(15-5-13-37)30(40)22-11-17-41-20-22/h6-10,16,18,22H,3-5,11-15,17,20H2,1-2H3/t22-/m0/s1. The van der Waals surface area contributed by atoms with Gasteiger partial charge in [-0.3, -0.25) is 4.79 Å². The van der Waals surface area contributed by atoms with E-state index in [2.05, 4.69) is 30.0 Å². The molecule has 9 nitrogen and oxygen atoms in total. The Bertz CT molecular complexity index is 1610. The number of rotatable bonds is 6. The topological polar surface area (TPSA) is 90.0 Å². The number of ether oxygens (including phenoxy) is 1. The van der Waals surface area contributed by atoms with E-state index in [0.717, 1.165) is 74.4 Å². The van der Waals surface area contributed by atoms with Gasteiger partial charge in [-0.15, -0.1) is 0 Å². The minimum Gasteiger partial charge on any atom is -0.381 e. The van der Waals surface area contributed by atoms with Crippen LogP contribution in [0.4, 0.5) is 20.9 Å². The van der Waals surface area contributed by atoms with Gasteiger partial charge >= 0.3 is 0 Å². The number of aromatic nitrogens is 3. The van der Waals surface area contributed by atoms with Crippen molar-refractivity contribution in [3.63, 3.8) is 0 Å². The molecule has 1 amide bonds. The van der Waals surface area contributed by atoms with Crippen molar-refractivity contribution >= 4 is 39.3 Å². The maximum absolute atomic E-state index is 13.5. The Labute approximate surface area is 248 Å². The molecule has 0 bridgehead atoms. The van der Waals surface area contributed by atoms with Crippen LogP contribution in [0.25, 0.3) is 16.8 Å². The number of hydrogen-bond donors (Lipinski definition) is 0. The van der Waals surface area contributed by atoms with Gasteiger partial charge in [-0.1, -0.05) is 18.3 Å². The lowest BCUT2D eigenvalue weighted by atomic mass is 10.1.